The molecule has 20 heavy (non-hydrogen) atoms. The van der Waals surface area contributed by atoms with Crippen molar-refractivity contribution >= 4 is 17.5 Å². The average molecular weight is 296 g/mol. The van der Waals surface area contributed by atoms with Gasteiger partial charge in [-0.1, -0.05) is 11.6 Å². The van der Waals surface area contributed by atoms with E-state index in [0.29, 0.717) is 10.7 Å². The van der Waals surface area contributed by atoms with Gasteiger partial charge < -0.3 is 5.32 Å². The van der Waals surface area contributed by atoms with Gasteiger partial charge in [-0.15, -0.1) is 0 Å². The molecule has 1 N–H and O–H groups in total. The Balaban J connectivity index is 1.88. The van der Waals surface area contributed by atoms with Crippen LogP contribution in [0.2, 0.25) is 5.15 Å². The normalized spacial score (nSPS) is 18.0. The summed E-state index contributed by atoms with van der Waals surface area (Å²) < 4.78 is 0. The maximum absolute atomic E-state index is 12.1. The zero-order valence-electron chi connectivity index (χ0n) is 12.3. The zero-order valence-corrected chi connectivity index (χ0v) is 13.1. The first-order valence-electron chi connectivity index (χ1n) is 7.04. The van der Waals surface area contributed by atoms with E-state index in [4.69, 9.17) is 11.6 Å². The number of carbonyl (C=O) groups excluding carboxylic acids is 1. The van der Waals surface area contributed by atoms with Crippen molar-refractivity contribution in [1.29, 1.82) is 0 Å². The minimum Gasteiger partial charge on any atom is -0.349 e. The Labute approximate surface area is 125 Å². The first-order chi connectivity index (χ1) is 9.36. The number of carbonyl (C=O) groups is 1. The molecule has 0 atom stereocenters. The molecule has 0 saturated carbocycles. The van der Waals surface area contributed by atoms with E-state index in [-0.39, 0.29) is 17.5 Å². The molecule has 1 aliphatic heterocycles. The molecule has 5 heteroatoms. The minimum absolute atomic E-state index is 0.0662. The lowest BCUT2D eigenvalue weighted by Gasteiger charge is -2.41. The van der Waals surface area contributed by atoms with E-state index >= 15 is 0 Å². The number of likely N-dealkylation sites (tertiary alicyclic amines) is 1. The van der Waals surface area contributed by atoms with Crippen molar-refractivity contribution in [3.05, 3.63) is 29.0 Å². The van der Waals surface area contributed by atoms with Crippen LogP contribution >= 0.6 is 11.6 Å². The van der Waals surface area contributed by atoms with Crippen molar-refractivity contribution in [3.8, 4) is 0 Å². The van der Waals surface area contributed by atoms with Crippen LogP contribution in [-0.2, 0) is 0 Å². The first kappa shape index (κ1) is 15.3. The third-order valence-electron chi connectivity index (χ3n) is 3.77. The van der Waals surface area contributed by atoms with Gasteiger partial charge in [0.1, 0.15) is 5.15 Å². The van der Waals surface area contributed by atoms with Gasteiger partial charge in [0, 0.05) is 36.4 Å². The van der Waals surface area contributed by atoms with E-state index in [1.165, 1.54) is 0 Å². The molecule has 0 radical (unpaired) electrons. The summed E-state index contributed by atoms with van der Waals surface area (Å²) in [6, 6.07) is 3.53. The topological polar surface area (TPSA) is 45.2 Å². The van der Waals surface area contributed by atoms with E-state index in [1.54, 1.807) is 18.3 Å². The number of aromatic nitrogens is 1. The fourth-order valence-electron chi connectivity index (χ4n) is 2.51. The summed E-state index contributed by atoms with van der Waals surface area (Å²) in [5.74, 6) is -0.0662. The molecule has 1 amide bonds. The molecular formula is C15H22ClN3O. The number of rotatable bonds is 2. The van der Waals surface area contributed by atoms with Crippen LogP contribution in [0.1, 0.15) is 44.0 Å². The predicted octanol–water partition coefficient (Wildman–Crippen LogP) is 2.73. The second-order valence-electron chi connectivity index (χ2n) is 6.27. The van der Waals surface area contributed by atoms with Gasteiger partial charge in [-0.05, 0) is 45.7 Å². The van der Waals surface area contributed by atoms with Gasteiger partial charge >= 0.3 is 0 Å². The standard InChI is InChI=1S/C15H22ClN3O/c1-15(2,3)19-8-5-12(6-9-19)18-14(20)11-4-7-17-13(16)10-11/h4,7,10,12H,5-6,8-9H2,1-3H3,(H,18,20). The van der Waals surface area contributed by atoms with Crippen LogP contribution < -0.4 is 5.32 Å². The van der Waals surface area contributed by atoms with E-state index < -0.39 is 0 Å². The van der Waals surface area contributed by atoms with E-state index in [9.17, 15) is 4.79 Å². The van der Waals surface area contributed by atoms with Gasteiger partial charge in [0.05, 0.1) is 0 Å². The van der Waals surface area contributed by atoms with Gasteiger partial charge in [0.25, 0.3) is 5.91 Å². The number of nitrogens with zero attached hydrogens (tertiary/aromatic N) is 2. The van der Waals surface area contributed by atoms with Crippen LogP contribution in [0.4, 0.5) is 0 Å². The van der Waals surface area contributed by atoms with E-state index in [2.05, 4.69) is 36.0 Å². The summed E-state index contributed by atoms with van der Waals surface area (Å²) in [6.07, 6.45) is 3.53. The minimum atomic E-state index is -0.0662. The molecule has 0 bridgehead atoms. The Morgan fingerprint density at radius 3 is 2.60 bits per heavy atom. The molecule has 0 unspecified atom stereocenters. The summed E-state index contributed by atoms with van der Waals surface area (Å²) in [6.45, 7) is 8.72. The molecule has 1 saturated heterocycles. The highest BCUT2D eigenvalue weighted by atomic mass is 35.5. The number of hydrogen-bond acceptors (Lipinski definition) is 3. The van der Waals surface area contributed by atoms with Crippen LogP contribution in [0.15, 0.2) is 18.3 Å². The second-order valence-corrected chi connectivity index (χ2v) is 6.66. The molecule has 110 valence electrons. The average Bonchev–Trinajstić information content (AvgIpc) is 2.38. The van der Waals surface area contributed by atoms with Crippen LogP contribution in [0, 0.1) is 0 Å². The summed E-state index contributed by atoms with van der Waals surface area (Å²) in [4.78, 5) is 18.5. The van der Waals surface area contributed by atoms with Crippen molar-refractivity contribution in [1.82, 2.24) is 15.2 Å². The van der Waals surface area contributed by atoms with Crippen LogP contribution in [-0.4, -0.2) is 40.5 Å². The summed E-state index contributed by atoms with van der Waals surface area (Å²) in [7, 11) is 0. The highest BCUT2D eigenvalue weighted by Gasteiger charge is 2.27. The maximum Gasteiger partial charge on any atom is 0.251 e. The fraction of sp³-hybridized carbons (Fsp3) is 0.600. The Hall–Kier alpha value is -1.13. The molecule has 2 rings (SSSR count). The molecule has 0 aromatic carbocycles. The Bertz CT molecular complexity index is 476. The lowest BCUT2D eigenvalue weighted by molar-refractivity contribution is 0.0812. The third-order valence-corrected chi connectivity index (χ3v) is 3.97. The molecule has 2 heterocycles. The fourth-order valence-corrected chi connectivity index (χ4v) is 2.68. The highest BCUT2D eigenvalue weighted by Crippen LogP contribution is 2.20. The van der Waals surface area contributed by atoms with E-state index in [1.807, 2.05) is 0 Å². The van der Waals surface area contributed by atoms with Crippen LogP contribution in [0.3, 0.4) is 0 Å². The number of amides is 1. The third kappa shape index (κ3) is 3.93. The van der Waals surface area contributed by atoms with Gasteiger partial charge in [-0.3, -0.25) is 9.69 Å². The predicted molar refractivity (Wildman–Crippen MR) is 81.1 cm³/mol. The monoisotopic (exact) mass is 295 g/mol. The van der Waals surface area contributed by atoms with Crippen molar-refractivity contribution in [2.75, 3.05) is 13.1 Å². The number of hydrogen-bond donors (Lipinski definition) is 1. The second kappa shape index (κ2) is 6.10. The number of halogens is 1. The summed E-state index contributed by atoms with van der Waals surface area (Å²) >= 11 is 5.80. The molecule has 0 aliphatic carbocycles. The lowest BCUT2D eigenvalue weighted by Crippen LogP contribution is -2.50. The molecule has 1 aromatic rings. The van der Waals surface area contributed by atoms with Crippen LogP contribution in [0.5, 0.6) is 0 Å². The van der Waals surface area contributed by atoms with Crippen LogP contribution in [0.25, 0.3) is 0 Å². The van der Waals surface area contributed by atoms with Gasteiger partial charge in [-0.2, -0.15) is 0 Å². The maximum atomic E-state index is 12.1. The van der Waals surface area contributed by atoms with Crippen molar-refractivity contribution in [2.24, 2.45) is 0 Å². The SMILES string of the molecule is CC(C)(C)N1CCC(NC(=O)c2ccnc(Cl)c2)CC1. The summed E-state index contributed by atoms with van der Waals surface area (Å²) in [5, 5.41) is 3.43. The molecule has 1 aliphatic rings. The van der Waals surface area contributed by atoms with Gasteiger partial charge in [-0.25, -0.2) is 4.98 Å². The molecule has 1 aromatic heterocycles. The zero-order chi connectivity index (χ0) is 14.8. The van der Waals surface area contributed by atoms with E-state index in [0.717, 1.165) is 25.9 Å². The number of nitrogens with one attached hydrogen (secondary N) is 1. The Morgan fingerprint density at radius 1 is 1.40 bits per heavy atom. The quantitative estimate of drug-likeness (QED) is 0.853. The largest absolute Gasteiger partial charge is 0.349 e. The first-order valence-corrected chi connectivity index (χ1v) is 7.41. The highest BCUT2D eigenvalue weighted by molar-refractivity contribution is 6.29. The molecule has 0 spiro atoms. The Kier molecular flexibility index (Phi) is 4.66. The molecule has 4 nitrogen and oxygen atoms in total. The smallest absolute Gasteiger partial charge is 0.251 e. The molecule has 1 fully saturated rings. The van der Waals surface area contributed by atoms with Gasteiger partial charge in [0.2, 0.25) is 0 Å². The summed E-state index contributed by atoms with van der Waals surface area (Å²) in [5.41, 5.74) is 0.774. The van der Waals surface area contributed by atoms with Crippen molar-refractivity contribution < 1.29 is 4.79 Å². The van der Waals surface area contributed by atoms with Crippen molar-refractivity contribution in [2.45, 2.75) is 45.2 Å². The number of piperidine rings is 1. The lowest BCUT2D eigenvalue weighted by atomic mass is 9.98. The number of pyridine rings is 1. The van der Waals surface area contributed by atoms with Gasteiger partial charge in [0.15, 0.2) is 0 Å². The van der Waals surface area contributed by atoms with Crippen molar-refractivity contribution in [3.63, 3.8) is 0 Å². The molecular weight excluding hydrogens is 274 g/mol. The Morgan fingerprint density at radius 2 is 2.05 bits per heavy atom.